The summed E-state index contributed by atoms with van der Waals surface area (Å²) in [5, 5.41) is 6.50. The molecule has 1 atom stereocenters. The first kappa shape index (κ1) is 19.1. The van der Waals surface area contributed by atoms with Gasteiger partial charge in [-0.3, -0.25) is 9.69 Å². The number of fused-ring (bicyclic) bond motifs is 1. The minimum absolute atomic E-state index is 0.0571. The van der Waals surface area contributed by atoms with Crippen molar-refractivity contribution in [2.75, 3.05) is 26.4 Å². The fourth-order valence-corrected chi connectivity index (χ4v) is 4.42. The molecule has 1 fully saturated rings. The van der Waals surface area contributed by atoms with Crippen LogP contribution in [0.25, 0.3) is 0 Å². The first-order valence-electron chi connectivity index (χ1n) is 10.8. The Labute approximate surface area is 177 Å². The van der Waals surface area contributed by atoms with Crippen molar-refractivity contribution in [1.29, 1.82) is 0 Å². The van der Waals surface area contributed by atoms with Crippen LogP contribution in [0.2, 0.25) is 0 Å². The minimum Gasteiger partial charge on any atom is -0.454 e. The lowest BCUT2D eigenvalue weighted by atomic mass is 9.97. The third-order valence-electron chi connectivity index (χ3n) is 6.14. The molecule has 0 unspecified atom stereocenters. The summed E-state index contributed by atoms with van der Waals surface area (Å²) >= 11 is 0. The number of hydrazone groups is 1. The molecule has 0 spiro atoms. The number of ether oxygens (including phenoxy) is 2. The topological polar surface area (TPSA) is 54.4 Å². The minimum atomic E-state index is -0.131. The first-order valence-corrected chi connectivity index (χ1v) is 10.8. The first-order chi connectivity index (χ1) is 14.7. The molecule has 1 amide bonds. The van der Waals surface area contributed by atoms with Crippen LogP contribution in [0.4, 0.5) is 0 Å². The second-order valence-electron chi connectivity index (χ2n) is 8.32. The highest BCUT2D eigenvalue weighted by atomic mass is 16.7. The number of amides is 1. The number of hydrogen-bond donors (Lipinski definition) is 0. The summed E-state index contributed by atoms with van der Waals surface area (Å²) in [6.07, 6.45) is 4.27. The van der Waals surface area contributed by atoms with Crippen molar-refractivity contribution in [2.45, 2.75) is 38.6 Å². The summed E-state index contributed by atoms with van der Waals surface area (Å²) in [7, 11) is 0. The predicted molar refractivity (Wildman–Crippen MR) is 115 cm³/mol. The van der Waals surface area contributed by atoms with Gasteiger partial charge in [-0.05, 0) is 56.1 Å². The van der Waals surface area contributed by atoms with Crippen LogP contribution in [0.1, 0.15) is 48.4 Å². The molecule has 5 rings (SSSR count). The van der Waals surface area contributed by atoms with Crippen molar-refractivity contribution in [3.8, 4) is 11.5 Å². The van der Waals surface area contributed by atoms with Gasteiger partial charge in [-0.25, -0.2) is 5.01 Å². The number of piperidine rings is 1. The molecule has 1 saturated heterocycles. The largest absolute Gasteiger partial charge is 0.454 e. The van der Waals surface area contributed by atoms with E-state index in [0.717, 1.165) is 54.3 Å². The van der Waals surface area contributed by atoms with E-state index in [-0.39, 0.29) is 18.7 Å². The fraction of sp³-hybridized carbons (Fsp3) is 0.417. The third-order valence-corrected chi connectivity index (χ3v) is 6.14. The van der Waals surface area contributed by atoms with Crippen LogP contribution in [-0.2, 0) is 4.79 Å². The highest BCUT2D eigenvalue weighted by molar-refractivity contribution is 6.03. The summed E-state index contributed by atoms with van der Waals surface area (Å²) in [5.41, 5.74) is 4.25. The van der Waals surface area contributed by atoms with Crippen LogP contribution >= 0.6 is 0 Å². The molecule has 6 heteroatoms. The molecule has 0 saturated carbocycles. The van der Waals surface area contributed by atoms with E-state index in [0.29, 0.717) is 13.0 Å². The third kappa shape index (κ3) is 3.79. The van der Waals surface area contributed by atoms with Gasteiger partial charge in [0.05, 0.1) is 18.3 Å². The van der Waals surface area contributed by atoms with Crippen LogP contribution in [0.3, 0.4) is 0 Å². The molecule has 3 aliphatic rings. The quantitative estimate of drug-likeness (QED) is 0.775. The van der Waals surface area contributed by atoms with Crippen LogP contribution in [-0.4, -0.2) is 48.0 Å². The lowest BCUT2D eigenvalue weighted by Gasteiger charge is -2.29. The Kier molecular flexibility index (Phi) is 5.17. The van der Waals surface area contributed by atoms with Crippen molar-refractivity contribution >= 4 is 11.6 Å². The molecule has 6 nitrogen and oxygen atoms in total. The van der Waals surface area contributed by atoms with Gasteiger partial charge in [0.25, 0.3) is 5.91 Å². The van der Waals surface area contributed by atoms with Gasteiger partial charge >= 0.3 is 0 Å². The normalized spacial score (nSPS) is 21.0. The molecule has 0 bridgehead atoms. The molecular formula is C24H27N3O3. The molecule has 3 aliphatic heterocycles. The lowest BCUT2D eigenvalue weighted by molar-refractivity contribution is -0.134. The Morgan fingerprint density at radius 2 is 1.80 bits per heavy atom. The molecular weight excluding hydrogens is 378 g/mol. The van der Waals surface area contributed by atoms with Crippen LogP contribution in [0, 0.1) is 6.92 Å². The van der Waals surface area contributed by atoms with Crippen LogP contribution < -0.4 is 9.47 Å². The fourth-order valence-electron chi connectivity index (χ4n) is 4.42. The van der Waals surface area contributed by atoms with E-state index >= 15 is 0 Å². The van der Waals surface area contributed by atoms with Gasteiger partial charge < -0.3 is 9.47 Å². The number of benzene rings is 2. The average Bonchev–Trinajstić information content (AvgIpc) is 3.42. The van der Waals surface area contributed by atoms with E-state index < -0.39 is 0 Å². The summed E-state index contributed by atoms with van der Waals surface area (Å²) < 4.78 is 11.0. The molecule has 2 aromatic rings. The molecule has 0 N–H and O–H groups in total. The van der Waals surface area contributed by atoms with Gasteiger partial charge in [0.2, 0.25) is 6.79 Å². The smallest absolute Gasteiger partial charge is 0.257 e. The SMILES string of the molecule is Cc1ccc(C2=NN(C(=O)CN3CCCCC3)[C@H](c3ccc4c(c3)OCO4)C2)cc1. The number of aryl methyl sites for hydroxylation is 1. The number of carbonyl (C=O) groups excluding carboxylic acids is 1. The van der Waals surface area contributed by atoms with Gasteiger partial charge in [-0.2, -0.15) is 5.10 Å². The van der Waals surface area contributed by atoms with Crippen molar-refractivity contribution in [3.63, 3.8) is 0 Å². The maximum Gasteiger partial charge on any atom is 0.257 e. The number of carbonyl (C=O) groups is 1. The zero-order valence-corrected chi connectivity index (χ0v) is 17.3. The summed E-state index contributed by atoms with van der Waals surface area (Å²) in [5.74, 6) is 1.55. The number of likely N-dealkylation sites (tertiary alicyclic amines) is 1. The number of nitrogens with zero attached hydrogens (tertiary/aromatic N) is 3. The van der Waals surface area contributed by atoms with Crippen LogP contribution in [0.15, 0.2) is 47.6 Å². The predicted octanol–water partition coefficient (Wildman–Crippen LogP) is 3.89. The Hall–Kier alpha value is -2.86. The monoisotopic (exact) mass is 405 g/mol. The molecule has 0 radical (unpaired) electrons. The highest BCUT2D eigenvalue weighted by Gasteiger charge is 2.34. The Bertz CT molecular complexity index is 964. The molecule has 2 aromatic carbocycles. The maximum absolute atomic E-state index is 13.3. The summed E-state index contributed by atoms with van der Waals surface area (Å²) in [6, 6.07) is 14.2. The lowest BCUT2D eigenvalue weighted by Crippen LogP contribution is -2.40. The number of rotatable bonds is 4. The van der Waals surface area contributed by atoms with Crippen molar-refractivity contribution in [2.24, 2.45) is 5.10 Å². The van der Waals surface area contributed by atoms with E-state index in [9.17, 15) is 4.79 Å². The van der Waals surface area contributed by atoms with Gasteiger partial charge in [-0.15, -0.1) is 0 Å². The Balaban J connectivity index is 1.43. The Morgan fingerprint density at radius 1 is 1.03 bits per heavy atom. The molecule has 30 heavy (non-hydrogen) atoms. The zero-order chi connectivity index (χ0) is 20.5. The van der Waals surface area contributed by atoms with E-state index in [1.807, 2.05) is 18.2 Å². The maximum atomic E-state index is 13.3. The van der Waals surface area contributed by atoms with E-state index in [2.05, 4.69) is 36.1 Å². The molecule has 0 aromatic heterocycles. The van der Waals surface area contributed by atoms with Gasteiger partial charge in [0, 0.05) is 6.42 Å². The number of hydrogen-bond acceptors (Lipinski definition) is 5. The second kappa shape index (κ2) is 8.11. The Morgan fingerprint density at radius 3 is 2.60 bits per heavy atom. The van der Waals surface area contributed by atoms with E-state index in [4.69, 9.17) is 14.6 Å². The zero-order valence-electron chi connectivity index (χ0n) is 17.3. The highest BCUT2D eigenvalue weighted by Crippen LogP contribution is 2.39. The van der Waals surface area contributed by atoms with Gasteiger partial charge in [-0.1, -0.05) is 42.3 Å². The summed E-state index contributed by atoms with van der Waals surface area (Å²) in [4.78, 5) is 15.5. The van der Waals surface area contributed by atoms with Crippen molar-refractivity contribution < 1.29 is 14.3 Å². The van der Waals surface area contributed by atoms with E-state index in [1.54, 1.807) is 5.01 Å². The molecule has 156 valence electrons. The van der Waals surface area contributed by atoms with Crippen LogP contribution in [0.5, 0.6) is 11.5 Å². The van der Waals surface area contributed by atoms with Crippen molar-refractivity contribution in [3.05, 3.63) is 59.2 Å². The van der Waals surface area contributed by atoms with E-state index in [1.165, 1.54) is 12.0 Å². The standard InChI is InChI=1S/C24H27N3O3/c1-17-5-7-18(8-6-17)20-14-21(19-9-10-22-23(13-19)30-16-29-22)27(25-20)24(28)15-26-11-3-2-4-12-26/h5-10,13,21H,2-4,11-12,14-16H2,1H3/t21-/m0/s1. The second-order valence-corrected chi connectivity index (χ2v) is 8.32. The summed E-state index contributed by atoms with van der Waals surface area (Å²) in [6.45, 7) is 4.72. The van der Waals surface area contributed by atoms with Gasteiger partial charge in [0.1, 0.15) is 0 Å². The van der Waals surface area contributed by atoms with Gasteiger partial charge in [0.15, 0.2) is 11.5 Å². The average molecular weight is 405 g/mol. The molecule has 3 heterocycles. The molecule has 0 aliphatic carbocycles. The van der Waals surface area contributed by atoms with Crippen molar-refractivity contribution in [1.82, 2.24) is 9.91 Å².